The van der Waals surface area contributed by atoms with E-state index in [-0.39, 0.29) is 11.9 Å². The average Bonchev–Trinajstić information content (AvgIpc) is 2.88. The first-order valence-electron chi connectivity index (χ1n) is 8.34. The molecule has 0 saturated carbocycles. The van der Waals surface area contributed by atoms with Crippen molar-refractivity contribution in [2.75, 3.05) is 18.5 Å². The fourth-order valence-corrected chi connectivity index (χ4v) is 2.59. The van der Waals surface area contributed by atoms with E-state index in [2.05, 4.69) is 10.3 Å². The molecule has 0 aliphatic carbocycles. The van der Waals surface area contributed by atoms with Crippen LogP contribution in [0.1, 0.15) is 51.5 Å². The maximum absolute atomic E-state index is 11.9. The van der Waals surface area contributed by atoms with Crippen LogP contribution >= 0.6 is 0 Å². The van der Waals surface area contributed by atoms with Crippen molar-refractivity contribution in [3.8, 4) is 0 Å². The SMILES string of the molecule is CCOC(=O)c1ccc(NCc2c(C)[nH]c(C(=O)OCC)c2C)cc1. The number of ether oxygens (including phenoxy) is 2. The van der Waals surface area contributed by atoms with Crippen molar-refractivity contribution >= 4 is 17.6 Å². The molecule has 2 aromatic rings. The van der Waals surface area contributed by atoms with Crippen molar-refractivity contribution in [1.82, 2.24) is 4.98 Å². The van der Waals surface area contributed by atoms with Gasteiger partial charge in [0.1, 0.15) is 5.69 Å². The minimum Gasteiger partial charge on any atom is -0.462 e. The lowest BCUT2D eigenvalue weighted by Crippen LogP contribution is -2.07. The standard InChI is InChI=1S/C19H24N2O4/c1-5-24-18(22)14-7-9-15(10-8-14)20-11-16-12(3)17(21-13(16)4)19(23)25-6-2/h7-10,20-21H,5-6,11H2,1-4H3. The Morgan fingerprint density at radius 3 is 2.20 bits per heavy atom. The Hall–Kier alpha value is -2.76. The number of H-pyrrole nitrogens is 1. The summed E-state index contributed by atoms with van der Waals surface area (Å²) in [6, 6.07) is 7.11. The summed E-state index contributed by atoms with van der Waals surface area (Å²) in [4.78, 5) is 26.7. The largest absolute Gasteiger partial charge is 0.462 e. The zero-order valence-corrected chi connectivity index (χ0v) is 15.1. The summed E-state index contributed by atoms with van der Waals surface area (Å²) in [6.45, 7) is 8.65. The summed E-state index contributed by atoms with van der Waals surface area (Å²) in [5, 5.41) is 3.30. The number of rotatable bonds is 7. The first-order valence-corrected chi connectivity index (χ1v) is 8.34. The van der Waals surface area contributed by atoms with Crippen molar-refractivity contribution in [3.05, 3.63) is 52.3 Å². The summed E-state index contributed by atoms with van der Waals surface area (Å²) in [5.74, 6) is -0.668. The van der Waals surface area contributed by atoms with Crippen LogP contribution in [0.4, 0.5) is 5.69 Å². The van der Waals surface area contributed by atoms with Gasteiger partial charge in [0.25, 0.3) is 0 Å². The third-order valence-corrected chi connectivity index (χ3v) is 3.94. The lowest BCUT2D eigenvalue weighted by Gasteiger charge is -2.08. The fraction of sp³-hybridized carbons (Fsp3) is 0.368. The van der Waals surface area contributed by atoms with E-state index in [1.165, 1.54) is 0 Å². The van der Waals surface area contributed by atoms with E-state index in [0.29, 0.717) is 31.0 Å². The molecule has 0 saturated heterocycles. The molecule has 0 radical (unpaired) electrons. The summed E-state index contributed by atoms with van der Waals surface area (Å²) in [7, 11) is 0. The summed E-state index contributed by atoms with van der Waals surface area (Å²) in [6.07, 6.45) is 0. The first kappa shape index (κ1) is 18.6. The Labute approximate surface area is 147 Å². The number of anilines is 1. The maximum Gasteiger partial charge on any atom is 0.355 e. The van der Waals surface area contributed by atoms with E-state index < -0.39 is 0 Å². The number of aromatic nitrogens is 1. The number of benzene rings is 1. The molecule has 6 heteroatoms. The molecule has 0 unspecified atom stereocenters. The van der Waals surface area contributed by atoms with Crippen LogP contribution in [0.25, 0.3) is 0 Å². The van der Waals surface area contributed by atoms with Crippen molar-refractivity contribution < 1.29 is 19.1 Å². The Morgan fingerprint density at radius 2 is 1.60 bits per heavy atom. The molecule has 6 nitrogen and oxygen atoms in total. The number of carbonyl (C=O) groups is 2. The van der Waals surface area contributed by atoms with Crippen LogP contribution in [0.15, 0.2) is 24.3 Å². The molecule has 0 amide bonds. The van der Waals surface area contributed by atoms with E-state index in [1.54, 1.807) is 26.0 Å². The third kappa shape index (κ3) is 4.41. The Kier molecular flexibility index (Phi) is 6.22. The lowest BCUT2D eigenvalue weighted by molar-refractivity contribution is 0.0512. The van der Waals surface area contributed by atoms with E-state index in [1.807, 2.05) is 26.0 Å². The van der Waals surface area contributed by atoms with Gasteiger partial charge < -0.3 is 19.8 Å². The molecule has 2 rings (SSSR count). The molecule has 1 aromatic carbocycles. The predicted octanol–water partition coefficient (Wildman–Crippen LogP) is 3.60. The summed E-state index contributed by atoms with van der Waals surface area (Å²) in [5.41, 5.74) is 4.73. The number of nitrogens with one attached hydrogen (secondary N) is 2. The van der Waals surface area contributed by atoms with Gasteiger partial charge >= 0.3 is 11.9 Å². The zero-order chi connectivity index (χ0) is 18.4. The molecule has 0 fully saturated rings. The normalized spacial score (nSPS) is 10.4. The summed E-state index contributed by atoms with van der Waals surface area (Å²) < 4.78 is 10.0. The minimum atomic E-state index is -0.340. The third-order valence-electron chi connectivity index (χ3n) is 3.94. The lowest BCUT2D eigenvalue weighted by atomic mass is 10.1. The molecule has 1 aromatic heterocycles. The van der Waals surface area contributed by atoms with E-state index in [4.69, 9.17) is 9.47 Å². The predicted molar refractivity (Wildman–Crippen MR) is 95.9 cm³/mol. The van der Waals surface area contributed by atoms with Crippen LogP contribution in [-0.2, 0) is 16.0 Å². The maximum atomic E-state index is 11.9. The van der Waals surface area contributed by atoms with Gasteiger partial charge in [0.05, 0.1) is 18.8 Å². The molecule has 1 heterocycles. The van der Waals surface area contributed by atoms with Gasteiger partial charge in [-0.05, 0) is 63.1 Å². The van der Waals surface area contributed by atoms with E-state index >= 15 is 0 Å². The molecule has 2 N–H and O–H groups in total. The van der Waals surface area contributed by atoms with Gasteiger partial charge in [0.2, 0.25) is 0 Å². The second-order valence-electron chi connectivity index (χ2n) is 5.60. The van der Waals surface area contributed by atoms with Gasteiger partial charge in [-0.1, -0.05) is 0 Å². The molecule has 0 spiro atoms. The Bertz CT molecular complexity index is 748. The number of aromatic amines is 1. The molecule has 25 heavy (non-hydrogen) atoms. The van der Waals surface area contributed by atoms with Crippen molar-refractivity contribution in [3.63, 3.8) is 0 Å². The van der Waals surface area contributed by atoms with Gasteiger partial charge in [-0.3, -0.25) is 0 Å². The number of esters is 2. The van der Waals surface area contributed by atoms with E-state index in [9.17, 15) is 9.59 Å². The van der Waals surface area contributed by atoms with Gasteiger partial charge in [0, 0.05) is 17.9 Å². The highest BCUT2D eigenvalue weighted by Crippen LogP contribution is 2.20. The summed E-state index contributed by atoms with van der Waals surface area (Å²) >= 11 is 0. The van der Waals surface area contributed by atoms with Crippen LogP contribution in [0.2, 0.25) is 0 Å². The van der Waals surface area contributed by atoms with Gasteiger partial charge in [-0.25, -0.2) is 9.59 Å². The van der Waals surface area contributed by atoms with E-state index in [0.717, 1.165) is 22.5 Å². The fourth-order valence-electron chi connectivity index (χ4n) is 2.59. The zero-order valence-electron chi connectivity index (χ0n) is 15.1. The molecule has 0 aliphatic heterocycles. The molecular weight excluding hydrogens is 320 g/mol. The van der Waals surface area contributed by atoms with Crippen LogP contribution in [0.5, 0.6) is 0 Å². The number of aryl methyl sites for hydroxylation is 1. The van der Waals surface area contributed by atoms with Crippen LogP contribution < -0.4 is 5.32 Å². The number of carbonyl (C=O) groups excluding carboxylic acids is 2. The molecule has 0 aliphatic rings. The second-order valence-corrected chi connectivity index (χ2v) is 5.60. The van der Waals surface area contributed by atoms with Crippen LogP contribution in [0, 0.1) is 13.8 Å². The van der Waals surface area contributed by atoms with Crippen LogP contribution in [-0.4, -0.2) is 30.1 Å². The van der Waals surface area contributed by atoms with Crippen LogP contribution in [0.3, 0.4) is 0 Å². The quantitative estimate of drug-likeness (QED) is 0.750. The molecule has 0 bridgehead atoms. The second kappa shape index (κ2) is 8.37. The van der Waals surface area contributed by atoms with Crippen molar-refractivity contribution in [1.29, 1.82) is 0 Å². The first-order chi connectivity index (χ1) is 12.0. The van der Waals surface area contributed by atoms with Gasteiger partial charge in [-0.15, -0.1) is 0 Å². The number of hydrogen-bond acceptors (Lipinski definition) is 5. The molecule has 134 valence electrons. The monoisotopic (exact) mass is 344 g/mol. The van der Waals surface area contributed by atoms with Gasteiger partial charge in [0.15, 0.2) is 0 Å². The Morgan fingerprint density at radius 1 is 1.00 bits per heavy atom. The Balaban J connectivity index is 2.06. The molecular formula is C19H24N2O4. The highest BCUT2D eigenvalue weighted by molar-refractivity contribution is 5.90. The topological polar surface area (TPSA) is 80.4 Å². The minimum absolute atomic E-state index is 0.328. The highest BCUT2D eigenvalue weighted by atomic mass is 16.5. The highest BCUT2D eigenvalue weighted by Gasteiger charge is 2.18. The average molecular weight is 344 g/mol. The van der Waals surface area contributed by atoms with Crippen molar-refractivity contribution in [2.45, 2.75) is 34.2 Å². The van der Waals surface area contributed by atoms with Crippen molar-refractivity contribution in [2.24, 2.45) is 0 Å². The number of hydrogen-bond donors (Lipinski definition) is 2. The molecule has 0 atom stereocenters. The van der Waals surface area contributed by atoms with Gasteiger partial charge in [-0.2, -0.15) is 0 Å². The smallest absolute Gasteiger partial charge is 0.355 e.